The summed E-state index contributed by atoms with van der Waals surface area (Å²) in [5.41, 5.74) is 15.8. The second-order valence-corrected chi connectivity index (χ2v) is 13.7. The minimum atomic E-state index is -0.680. The van der Waals surface area contributed by atoms with Gasteiger partial charge >= 0.3 is 0 Å². The Morgan fingerprint density at radius 3 is 1.44 bits per heavy atom. The molecule has 2 aliphatic rings. The highest BCUT2D eigenvalue weighted by atomic mass is 32.2. The highest BCUT2D eigenvalue weighted by Crippen LogP contribution is 2.26. The van der Waals surface area contributed by atoms with Gasteiger partial charge in [0.1, 0.15) is 11.6 Å². The van der Waals surface area contributed by atoms with E-state index >= 15 is 0 Å². The highest BCUT2D eigenvalue weighted by Gasteiger charge is 2.20. The highest BCUT2D eigenvalue weighted by molar-refractivity contribution is 8.14. The molecule has 0 fully saturated rings. The van der Waals surface area contributed by atoms with Crippen molar-refractivity contribution in [2.75, 3.05) is 22.1 Å². The molecule has 14 nitrogen and oxygen atoms in total. The molecule has 0 saturated heterocycles. The van der Waals surface area contributed by atoms with Gasteiger partial charge in [-0.1, -0.05) is 59.9 Å². The Hall–Kier alpha value is -6.76. The molecule has 0 aromatic heterocycles. The number of anilines is 2. The number of guanidine groups is 2. The predicted octanol–water partition coefficient (Wildman–Crippen LogP) is 4.59. The molecular formula is C37H30F2N12O2S2. The molecule has 18 heteroatoms. The number of benzene rings is 4. The van der Waals surface area contributed by atoms with Crippen LogP contribution in [0.25, 0.3) is 0 Å². The summed E-state index contributed by atoms with van der Waals surface area (Å²) in [7, 11) is 0. The Kier molecular flexibility index (Phi) is 12.0. The first-order valence-corrected chi connectivity index (χ1v) is 18.3. The van der Waals surface area contributed by atoms with Crippen LogP contribution in [0, 0.1) is 34.3 Å². The van der Waals surface area contributed by atoms with Crippen molar-refractivity contribution in [2.45, 2.75) is 18.8 Å². The number of nitriles is 2. The maximum Gasteiger partial charge on any atom is 0.234 e. The van der Waals surface area contributed by atoms with E-state index in [2.05, 4.69) is 53.4 Å². The summed E-state index contributed by atoms with van der Waals surface area (Å²) >= 11 is 2.21. The number of halogens is 2. The zero-order chi connectivity index (χ0) is 38.9. The molecule has 6 rings (SSSR count). The number of thioether (sulfide) groups is 2. The van der Waals surface area contributed by atoms with E-state index in [1.807, 2.05) is 0 Å². The van der Waals surface area contributed by atoms with Gasteiger partial charge in [0.25, 0.3) is 0 Å². The fourth-order valence-corrected chi connectivity index (χ4v) is 6.68. The minimum absolute atomic E-state index is 0.0287. The van der Waals surface area contributed by atoms with E-state index in [1.54, 1.807) is 60.7 Å². The number of nitrogens with one attached hydrogen (secondary N) is 4. The maximum atomic E-state index is 13.3. The van der Waals surface area contributed by atoms with Crippen molar-refractivity contribution in [2.24, 2.45) is 31.4 Å². The van der Waals surface area contributed by atoms with E-state index in [4.69, 9.17) is 11.5 Å². The quantitative estimate of drug-likeness (QED) is 0.131. The van der Waals surface area contributed by atoms with Gasteiger partial charge in [-0.25, -0.2) is 28.8 Å². The van der Waals surface area contributed by atoms with Gasteiger partial charge in [-0.3, -0.25) is 9.59 Å². The van der Waals surface area contributed by atoms with E-state index in [0.29, 0.717) is 55.1 Å². The smallest absolute Gasteiger partial charge is 0.234 e. The van der Waals surface area contributed by atoms with Crippen molar-refractivity contribution in [1.29, 1.82) is 10.5 Å². The summed E-state index contributed by atoms with van der Waals surface area (Å²) in [5.74, 6) is -1.33. The summed E-state index contributed by atoms with van der Waals surface area (Å²) in [6, 6.07) is 25.6. The third-order valence-electron chi connectivity index (χ3n) is 7.90. The lowest BCUT2D eigenvalue weighted by atomic mass is 9.96. The van der Waals surface area contributed by atoms with Crippen LogP contribution < -0.4 is 32.7 Å². The second kappa shape index (κ2) is 17.4. The molecule has 4 aromatic rings. The van der Waals surface area contributed by atoms with E-state index in [1.165, 1.54) is 24.3 Å². The standard InChI is InChI=1S/C37H30F2N12O2S2/c38-26-7-1-20(2-8-26)32-46-34(42)50-36(48-32)54-18-30(52)44-28-11-5-22(24(14-28)16-40)13-23-6-12-29(15-25(23)17-41)45-31(53)19-55-37-49-33(47-35(43)51-37)21-3-9-27(39)10-4-21/h1-12,14-15,32-33H,13,18-19H2,(H,44,52)(H,45,53)(H3,42,46,48,50)(H3,43,47,49,51)/t32-,33-/m1/s1. The number of rotatable bonds is 10. The molecule has 0 radical (unpaired) electrons. The molecule has 2 aliphatic heterocycles. The lowest BCUT2D eigenvalue weighted by Gasteiger charge is -2.19. The fraction of sp³-hybridized carbons (Fsp3) is 0.135. The van der Waals surface area contributed by atoms with Crippen molar-refractivity contribution >= 4 is 69.0 Å². The van der Waals surface area contributed by atoms with Gasteiger partial charge in [0.15, 0.2) is 34.6 Å². The largest absolute Gasteiger partial charge is 0.370 e. The summed E-state index contributed by atoms with van der Waals surface area (Å²) < 4.78 is 26.7. The number of amides is 2. The molecule has 2 atom stereocenters. The SMILES string of the molecule is N#Cc1cc(NC(=O)CSC2=N[C@H](c3ccc(F)cc3)N=C(N)N2)ccc1Cc1ccc(NC(=O)CSC2=N[C@H](c3ccc(F)cc3)N=C(N)N2)cc1C#N. The minimum Gasteiger partial charge on any atom is -0.370 e. The van der Waals surface area contributed by atoms with Crippen molar-refractivity contribution in [3.05, 3.63) is 130 Å². The fourth-order valence-electron chi connectivity index (χ4n) is 5.30. The Bertz CT molecular complexity index is 2170. The first kappa shape index (κ1) is 38.0. The van der Waals surface area contributed by atoms with Gasteiger partial charge in [-0.05, 0) is 70.8 Å². The molecule has 0 spiro atoms. The van der Waals surface area contributed by atoms with Gasteiger partial charge in [0, 0.05) is 17.8 Å². The van der Waals surface area contributed by atoms with Gasteiger partial charge in [-0.15, -0.1) is 0 Å². The molecule has 2 heterocycles. The lowest BCUT2D eigenvalue weighted by Crippen LogP contribution is -2.39. The molecule has 8 N–H and O–H groups in total. The van der Waals surface area contributed by atoms with Crippen molar-refractivity contribution in [3.8, 4) is 12.1 Å². The van der Waals surface area contributed by atoms with Crippen LogP contribution in [0.5, 0.6) is 0 Å². The van der Waals surface area contributed by atoms with Crippen LogP contribution in [-0.2, 0) is 16.0 Å². The van der Waals surface area contributed by atoms with Crippen LogP contribution in [0.2, 0.25) is 0 Å². The number of amidine groups is 2. The van der Waals surface area contributed by atoms with Crippen LogP contribution in [0.3, 0.4) is 0 Å². The van der Waals surface area contributed by atoms with Gasteiger partial charge in [0.05, 0.1) is 34.8 Å². The summed E-state index contributed by atoms with van der Waals surface area (Å²) in [5, 5.41) is 31.7. The zero-order valence-electron chi connectivity index (χ0n) is 28.6. The van der Waals surface area contributed by atoms with Crippen LogP contribution in [0.15, 0.2) is 105 Å². The van der Waals surface area contributed by atoms with Crippen molar-refractivity contribution in [3.63, 3.8) is 0 Å². The Balaban J connectivity index is 1.02. The van der Waals surface area contributed by atoms with Crippen LogP contribution >= 0.6 is 23.5 Å². The third-order valence-corrected chi connectivity index (χ3v) is 9.67. The maximum absolute atomic E-state index is 13.3. The molecular weight excluding hydrogens is 747 g/mol. The number of hydrogen-bond acceptors (Lipinski definition) is 14. The molecule has 0 aliphatic carbocycles. The Morgan fingerprint density at radius 1 is 0.655 bits per heavy atom. The third kappa shape index (κ3) is 10.2. The molecule has 0 saturated carbocycles. The van der Waals surface area contributed by atoms with E-state index in [9.17, 15) is 28.9 Å². The van der Waals surface area contributed by atoms with Crippen LogP contribution in [0.4, 0.5) is 20.2 Å². The summed E-state index contributed by atoms with van der Waals surface area (Å²) in [6.07, 6.45) is -1.12. The zero-order valence-corrected chi connectivity index (χ0v) is 30.2. The molecule has 276 valence electrons. The Labute approximate surface area is 321 Å². The average Bonchev–Trinajstić information content (AvgIpc) is 3.17. The number of carbonyl (C=O) groups excluding carboxylic acids is 2. The average molecular weight is 777 g/mol. The first-order valence-electron chi connectivity index (χ1n) is 16.3. The Morgan fingerprint density at radius 2 is 1.05 bits per heavy atom. The summed E-state index contributed by atoms with van der Waals surface area (Å²) in [4.78, 5) is 43.0. The first-order chi connectivity index (χ1) is 26.5. The van der Waals surface area contributed by atoms with Crippen molar-refractivity contribution < 1.29 is 18.4 Å². The van der Waals surface area contributed by atoms with E-state index in [-0.39, 0.29) is 53.3 Å². The topological polar surface area (TPSA) is 231 Å². The number of aliphatic imine (C=N–C) groups is 4. The monoisotopic (exact) mass is 776 g/mol. The molecule has 0 unspecified atom stereocenters. The van der Waals surface area contributed by atoms with E-state index in [0.717, 1.165) is 23.5 Å². The predicted molar refractivity (Wildman–Crippen MR) is 210 cm³/mol. The van der Waals surface area contributed by atoms with Crippen molar-refractivity contribution in [1.82, 2.24) is 10.6 Å². The molecule has 0 bridgehead atoms. The number of nitrogens with two attached hydrogens (primary N) is 2. The van der Waals surface area contributed by atoms with Gasteiger partial charge in [-0.2, -0.15) is 10.5 Å². The summed E-state index contributed by atoms with van der Waals surface area (Å²) in [6.45, 7) is 0. The van der Waals surface area contributed by atoms with Gasteiger partial charge < -0.3 is 32.7 Å². The molecule has 55 heavy (non-hydrogen) atoms. The van der Waals surface area contributed by atoms with Crippen LogP contribution in [-0.4, -0.2) is 45.6 Å². The van der Waals surface area contributed by atoms with E-state index < -0.39 is 12.3 Å². The number of hydrogen-bond donors (Lipinski definition) is 6. The number of carbonyl (C=O) groups is 2. The molecule has 2 amide bonds. The normalized spacial score (nSPS) is 16.1. The lowest BCUT2D eigenvalue weighted by molar-refractivity contribution is -0.114. The molecule has 4 aromatic carbocycles. The van der Waals surface area contributed by atoms with Crippen LogP contribution in [0.1, 0.15) is 45.7 Å². The second-order valence-electron chi connectivity index (χ2n) is 11.8. The number of nitrogens with zero attached hydrogens (tertiary/aromatic N) is 6. The van der Waals surface area contributed by atoms with Gasteiger partial charge in [0.2, 0.25) is 11.8 Å².